The van der Waals surface area contributed by atoms with Gasteiger partial charge in [-0.2, -0.15) is 4.31 Å². The van der Waals surface area contributed by atoms with Crippen LogP contribution in [0.4, 0.5) is 0 Å². The standard InChI is InChI=1S/C14H19BrN2O3S/c1-16(10-11-6-3-4-7-12(11)15)14(18)13-8-5-9-17(13)21(2,19)20/h3-4,6-7,13H,5,8-10H2,1-2H3. The number of amides is 1. The molecule has 1 amide bonds. The van der Waals surface area contributed by atoms with Crippen molar-refractivity contribution < 1.29 is 13.2 Å². The van der Waals surface area contributed by atoms with Crippen LogP contribution in [0.25, 0.3) is 0 Å². The highest BCUT2D eigenvalue weighted by Crippen LogP contribution is 2.23. The zero-order valence-electron chi connectivity index (χ0n) is 12.1. The second-order valence-electron chi connectivity index (χ2n) is 5.32. The molecule has 1 aliphatic heterocycles. The average molecular weight is 375 g/mol. The van der Waals surface area contributed by atoms with Gasteiger partial charge in [0.25, 0.3) is 0 Å². The van der Waals surface area contributed by atoms with E-state index in [-0.39, 0.29) is 5.91 Å². The lowest BCUT2D eigenvalue weighted by atomic mass is 10.1. The Balaban J connectivity index is 2.11. The number of carbonyl (C=O) groups excluding carboxylic acids is 1. The third kappa shape index (κ3) is 3.84. The van der Waals surface area contributed by atoms with Gasteiger partial charge in [-0.15, -0.1) is 0 Å². The van der Waals surface area contributed by atoms with Gasteiger partial charge in [-0.05, 0) is 24.5 Å². The molecule has 0 aromatic heterocycles. The third-order valence-corrected chi connectivity index (χ3v) is 5.72. The number of benzene rings is 1. The highest BCUT2D eigenvalue weighted by molar-refractivity contribution is 9.10. The largest absolute Gasteiger partial charge is 0.340 e. The molecular weight excluding hydrogens is 356 g/mol. The molecule has 0 saturated carbocycles. The molecule has 0 bridgehead atoms. The van der Waals surface area contributed by atoms with Gasteiger partial charge in [0.2, 0.25) is 15.9 Å². The molecule has 1 atom stereocenters. The van der Waals surface area contributed by atoms with Gasteiger partial charge in [0.05, 0.1) is 6.26 Å². The summed E-state index contributed by atoms with van der Waals surface area (Å²) >= 11 is 3.46. The molecule has 21 heavy (non-hydrogen) atoms. The first kappa shape index (κ1) is 16.5. The van der Waals surface area contributed by atoms with Crippen LogP contribution in [0.1, 0.15) is 18.4 Å². The molecule has 0 aliphatic carbocycles. The lowest BCUT2D eigenvalue weighted by molar-refractivity contribution is -0.133. The van der Waals surface area contributed by atoms with Crippen molar-refractivity contribution >= 4 is 31.9 Å². The molecule has 0 spiro atoms. The second-order valence-corrected chi connectivity index (χ2v) is 8.11. The Morgan fingerprint density at radius 1 is 1.43 bits per heavy atom. The molecule has 2 rings (SSSR count). The van der Waals surface area contributed by atoms with E-state index < -0.39 is 16.1 Å². The molecule has 116 valence electrons. The molecular formula is C14H19BrN2O3S. The first-order valence-corrected chi connectivity index (χ1v) is 9.40. The molecule has 0 N–H and O–H groups in total. The normalized spacial score (nSPS) is 19.7. The van der Waals surface area contributed by atoms with Gasteiger partial charge in [-0.25, -0.2) is 8.42 Å². The van der Waals surface area contributed by atoms with Crippen LogP contribution in [0.15, 0.2) is 28.7 Å². The molecule has 1 saturated heterocycles. The molecule has 1 aromatic rings. The van der Waals surface area contributed by atoms with E-state index in [0.29, 0.717) is 19.5 Å². The fraction of sp³-hybridized carbons (Fsp3) is 0.500. The maximum absolute atomic E-state index is 12.5. The van der Waals surface area contributed by atoms with Crippen LogP contribution in [0.3, 0.4) is 0 Å². The fourth-order valence-corrected chi connectivity index (χ4v) is 4.13. The highest BCUT2D eigenvalue weighted by atomic mass is 79.9. The zero-order chi connectivity index (χ0) is 15.6. The van der Waals surface area contributed by atoms with Crippen LogP contribution in [-0.4, -0.2) is 49.4 Å². The maximum atomic E-state index is 12.5. The summed E-state index contributed by atoms with van der Waals surface area (Å²) in [6.45, 7) is 0.881. The van der Waals surface area contributed by atoms with Gasteiger partial charge >= 0.3 is 0 Å². The molecule has 1 unspecified atom stereocenters. The van der Waals surface area contributed by atoms with Crippen LogP contribution >= 0.6 is 15.9 Å². The van der Waals surface area contributed by atoms with E-state index >= 15 is 0 Å². The quantitative estimate of drug-likeness (QED) is 0.807. The summed E-state index contributed by atoms with van der Waals surface area (Å²) in [5, 5.41) is 0. The van der Waals surface area contributed by atoms with Crippen LogP contribution < -0.4 is 0 Å². The summed E-state index contributed by atoms with van der Waals surface area (Å²) in [6.07, 6.45) is 2.48. The maximum Gasteiger partial charge on any atom is 0.241 e. The van der Waals surface area contributed by atoms with E-state index in [0.717, 1.165) is 22.7 Å². The van der Waals surface area contributed by atoms with Gasteiger partial charge in [0, 0.05) is 24.6 Å². The van der Waals surface area contributed by atoms with Crippen LogP contribution in [0.5, 0.6) is 0 Å². The predicted molar refractivity (Wildman–Crippen MR) is 85.2 cm³/mol. The van der Waals surface area contributed by atoms with Crippen molar-refractivity contribution in [2.24, 2.45) is 0 Å². The molecule has 1 aromatic carbocycles. The van der Waals surface area contributed by atoms with Crippen molar-refractivity contribution in [3.8, 4) is 0 Å². The molecule has 0 radical (unpaired) electrons. The molecule has 1 fully saturated rings. The Morgan fingerprint density at radius 2 is 2.10 bits per heavy atom. The zero-order valence-corrected chi connectivity index (χ0v) is 14.5. The van der Waals surface area contributed by atoms with E-state index in [1.165, 1.54) is 4.31 Å². The smallest absolute Gasteiger partial charge is 0.241 e. The Labute approximate surface area is 134 Å². The first-order chi connectivity index (χ1) is 9.80. The summed E-state index contributed by atoms with van der Waals surface area (Å²) < 4.78 is 25.7. The predicted octanol–water partition coefficient (Wildman–Crippen LogP) is 1.83. The van der Waals surface area contributed by atoms with Crippen molar-refractivity contribution in [1.82, 2.24) is 9.21 Å². The van der Waals surface area contributed by atoms with Gasteiger partial charge in [-0.3, -0.25) is 4.79 Å². The number of carbonyl (C=O) groups is 1. The molecule has 5 nitrogen and oxygen atoms in total. The number of hydrogen-bond acceptors (Lipinski definition) is 3. The first-order valence-electron chi connectivity index (χ1n) is 6.76. The lowest BCUT2D eigenvalue weighted by Crippen LogP contribution is -2.45. The average Bonchev–Trinajstić information content (AvgIpc) is 2.89. The van der Waals surface area contributed by atoms with E-state index in [1.807, 2.05) is 24.3 Å². The number of hydrogen-bond donors (Lipinski definition) is 0. The number of halogens is 1. The van der Waals surface area contributed by atoms with E-state index in [4.69, 9.17) is 0 Å². The lowest BCUT2D eigenvalue weighted by Gasteiger charge is -2.26. The van der Waals surface area contributed by atoms with Crippen molar-refractivity contribution in [2.45, 2.75) is 25.4 Å². The minimum absolute atomic E-state index is 0.145. The molecule has 1 aliphatic rings. The molecule has 7 heteroatoms. The Kier molecular flexibility index (Phi) is 5.06. The summed E-state index contributed by atoms with van der Waals surface area (Å²) in [5.41, 5.74) is 0.997. The van der Waals surface area contributed by atoms with Crippen molar-refractivity contribution in [3.05, 3.63) is 34.3 Å². The van der Waals surface area contributed by atoms with Crippen molar-refractivity contribution in [2.75, 3.05) is 19.8 Å². The monoisotopic (exact) mass is 374 g/mol. The van der Waals surface area contributed by atoms with E-state index in [2.05, 4.69) is 15.9 Å². The second kappa shape index (κ2) is 6.46. The Hall–Kier alpha value is -0.920. The van der Waals surface area contributed by atoms with Crippen molar-refractivity contribution in [3.63, 3.8) is 0 Å². The van der Waals surface area contributed by atoms with Gasteiger partial charge < -0.3 is 4.90 Å². The fourth-order valence-electron chi connectivity index (χ4n) is 2.60. The summed E-state index contributed by atoms with van der Waals surface area (Å²) in [7, 11) is -1.63. The van der Waals surface area contributed by atoms with Crippen LogP contribution in [0.2, 0.25) is 0 Å². The number of nitrogens with zero attached hydrogens (tertiary/aromatic N) is 2. The summed E-state index contributed by atoms with van der Waals surface area (Å²) in [6, 6.07) is 7.13. The van der Waals surface area contributed by atoms with Crippen LogP contribution in [0, 0.1) is 0 Å². The Bertz CT molecular complexity index is 633. The van der Waals surface area contributed by atoms with Gasteiger partial charge in [0.15, 0.2) is 0 Å². The van der Waals surface area contributed by atoms with E-state index in [9.17, 15) is 13.2 Å². The van der Waals surface area contributed by atoms with Crippen molar-refractivity contribution in [1.29, 1.82) is 0 Å². The number of rotatable bonds is 4. The summed E-state index contributed by atoms with van der Waals surface area (Å²) in [5.74, 6) is -0.145. The third-order valence-electron chi connectivity index (χ3n) is 3.66. The summed E-state index contributed by atoms with van der Waals surface area (Å²) in [4.78, 5) is 14.1. The number of sulfonamides is 1. The van der Waals surface area contributed by atoms with Crippen LogP contribution in [-0.2, 0) is 21.4 Å². The van der Waals surface area contributed by atoms with Gasteiger partial charge in [0.1, 0.15) is 6.04 Å². The minimum Gasteiger partial charge on any atom is -0.340 e. The van der Waals surface area contributed by atoms with E-state index in [1.54, 1.807) is 11.9 Å². The topological polar surface area (TPSA) is 57.7 Å². The minimum atomic E-state index is -3.33. The highest BCUT2D eigenvalue weighted by Gasteiger charge is 2.37. The number of likely N-dealkylation sites (N-methyl/N-ethyl adjacent to an activating group) is 1. The SMILES string of the molecule is CN(Cc1ccccc1Br)C(=O)C1CCCN1S(C)(=O)=O. The Morgan fingerprint density at radius 3 is 2.71 bits per heavy atom. The molecule has 1 heterocycles. The van der Waals surface area contributed by atoms with Gasteiger partial charge in [-0.1, -0.05) is 34.1 Å².